The number of carbonyl (C=O) groups is 2. The van der Waals surface area contributed by atoms with Crippen LogP contribution in [0.1, 0.15) is 34.6 Å². The molecule has 1 aromatic carbocycles. The number of hydrogen-bond acceptors (Lipinski definition) is 5. The maximum Gasteiger partial charge on any atom is 0.339 e. The number of anilines is 1. The third kappa shape index (κ3) is 3.22. The van der Waals surface area contributed by atoms with Crippen molar-refractivity contribution in [2.24, 2.45) is 0 Å². The van der Waals surface area contributed by atoms with Gasteiger partial charge in [-0.25, -0.2) is 9.59 Å². The molecule has 5 nitrogen and oxygen atoms in total. The Morgan fingerprint density at radius 2 is 1.56 bits per heavy atom. The number of rotatable bonds is 4. The van der Waals surface area contributed by atoms with E-state index in [2.05, 4.69) is 15.9 Å². The minimum absolute atomic E-state index is 0.107. The molecule has 98 valence electrons. The molecule has 0 aromatic heterocycles. The zero-order valence-electron chi connectivity index (χ0n) is 10.2. The van der Waals surface area contributed by atoms with Crippen LogP contribution < -0.4 is 5.73 Å². The summed E-state index contributed by atoms with van der Waals surface area (Å²) in [6.07, 6.45) is 0. The Bertz CT molecular complexity index is 430. The third-order valence-corrected chi connectivity index (χ3v) is 2.81. The lowest BCUT2D eigenvalue weighted by Crippen LogP contribution is -2.15. The average molecular weight is 316 g/mol. The van der Waals surface area contributed by atoms with Crippen LogP contribution in [0.15, 0.2) is 16.6 Å². The van der Waals surface area contributed by atoms with Gasteiger partial charge in [-0.3, -0.25) is 0 Å². The highest BCUT2D eigenvalue weighted by Crippen LogP contribution is 2.25. The number of ether oxygens (including phenoxy) is 2. The van der Waals surface area contributed by atoms with Crippen LogP contribution in [0.2, 0.25) is 0 Å². The molecule has 0 aliphatic carbocycles. The summed E-state index contributed by atoms with van der Waals surface area (Å²) >= 11 is 3.20. The molecule has 0 aliphatic rings. The summed E-state index contributed by atoms with van der Waals surface area (Å²) in [7, 11) is 0. The van der Waals surface area contributed by atoms with Crippen molar-refractivity contribution in [3.63, 3.8) is 0 Å². The van der Waals surface area contributed by atoms with Gasteiger partial charge in [-0.2, -0.15) is 0 Å². The van der Waals surface area contributed by atoms with Crippen LogP contribution in [0.3, 0.4) is 0 Å². The second kappa shape index (κ2) is 6.39. The van der Waals surface area contributed by atoms with Crippen molar-refractivity contribution in [3.05, 3.63) is 27.7 Å². The molecule has 0 atom stereocenters. The van der Waals surface area contributed by atoms with Gasteiger partial charge in [0.2, 0.25) is 0 Å². The molecule has 0 spiro atoms. The second-order valence-corrected chi connectivity index (χ2v) is 4.21. The number of halogens is 1. The molecule has 2 N–H and O–H groups in total. The maximum atomic E-state index is 11.7. The average Bonchev–Trinajstić information content (AvgIpc) is 2.32. The van der Waals surface area contributed by atoms with Crippen LogP contribution in [0.4, 0.5) is 5.69 Å². The lowest BCUT2D eigenvalue weighted by molar-refractivity contribution is 0.0479. The number of hydrogen-bond donors (Lipinski definition) is 1. The van der Waals surface area contributed by atoms with Crippen molar-refractivity contribution in [1.82, 2.24) is 0 Å². The van der Waals surface area contributed by atoms with Gasteiger partial charge in [-0.15, -0.1) is 0 Å². The SMILES string of the molecule is CCOC(=O)c1cc(N)c(Br)cc1C(=O)OCC. The summed E-state index contributed by atoms with van der Waals surface area (Å²) in [6.45, 7) is 3.82. The lowest BCUT2D eigenvalue weighted by atomic mass is 10.1. The van der Waals surface area contributed by atoms with Crippen molar-refractivity contribution in [2.45, 2.75) is 13.8 Å². The monoisotopic (exact) mass is 315 g/mol. The van der Waals surface area contributed by atoms with Gasteiger partial charge in [0, 0.05) is 10.2 Å². The summed E-state index contributed by atoms with van der Waals surface area (Å²) in [5.41, 5.74) is 6.29. The van der Waals surface area contributed by atoms with E-state index in [-0.39, 0.29) is 24.3 Å². The fraction of sp³-hybridized carbons (Fsp3) is 0.333. The Balaban J connectivity index is 3.25. The molecule has 1 aromatic rings. The largest absolute Gasteiger partial charge is 0.462 e. The fourth-order valence-electron chi connectivity index (χ4n) is 1.35. The number of nitrogens with two attached hydrogens (primary N) is 1. The summed E-state index contributed by atoms with van der Waals surface area (Å²) < 4.78 is 10.3. The first kappa shape index (κ1) is 14.5. The first-order valence-electron chi connectivity index (χ1n) is 5.44. The Kier molecular flexibility index (Phi) is 5.15. The van der Waals surface area contributed by atoms with E-state index in [0.717, 1.165) is 0 Å². The zero-order chi connectivity index (χ0) is 13.7. The van der Waals surface area contributed by atoms with E-state index in [9.17, 15) is 9.59 Å². The Hall–Kier alpha value is -1.56. The number of nitrogen functional groups attached to an aromatic ring is 1. The van der Waals surface area contributed by atoms with Gasteiger partial charge in [0.15, 0.2) is 0 Å². The van der Waals surface area contributed by atoms with Crippen LogP contribution in [0.25, 0.3) is 0 Å². The maximum absolute atomic E-state index is 11.7. The molecular weight excluding hydrogens is 302 g/mol. The predicted molar refractivity (Wildman–Crippen MR) is 70.5 cm³/mol. The van der Waals surface area contributed by atoms with E-state index in [1.54, 1.807) is 13.8 Å². The molecule has 0 fully saturated rings. The second-order valence-electron chi connectivity index (χ2n) is 3.36. The van der Waals surface area contributed by atoms with E-state index in [1.165, 1.54) is 12.1 Å². The van der Waals surface area contributed by atoms with Crippen LogP contribution >= 0.6 is 15.9 Å². The van der Waals surface area contributed by atoms with Gasteiger partial charge in [0.25, 0.3) is 0 Å². The van der Waals surface area contributed by atoms with Crippen molar-refractivity contribution >= 4 is 33.6 Å². The van der Waals surface area contributed by atoms with Gasteiger partial charge < -0.3 is 15.2 Å². The van der Waals surface area contributed by atoms with Gasteiger partial charge in [0.05, 0.1) is 24.3 Å². The van der Waals surface area contributed by atoms with Gasteiger partial charge >= 0.3 is 11.9 Å². The Morgan fingerprint density at radius 1 is 1.11 bits per heavy atom. The molecule has 0 heterocycles. The van der Waals surface area contributed by atoms with Crippen molar-refractivity contribution in [3.8, 4) is 0 Å². The van der Waals surface area contributed by atoms with Crippen LogP contribution in [-0.2, 0) is 9.47 Å². The first-order chi connectivity index (χ1) is 8.51. The van der Waals surface area contributed by atoms with Crippen molar-refractivity contribution in [2.75, 3.05) is 18.9 Å². The molecule has 6 heteroatoms. The summed E-state index contributed by atoms with van der Waals surface area (Å²) in [5, 5.41) is 0. The van der Waals surface area contributed by atoms with Crippen molar-refractivity contribution in [1.29, 1.82) is 0 Å². The van der Waals surface area contributed by atoms with E-state index in [1.807, 2.05) is 0 Å². The number of esters is 2. The quantitative estimate of drug-likeness (QED) is 0.681. The molecular formula is C12H14BrNO4. The smallest absolute Gasteiger partial charge is 0.339 e. The normalized spacial score (nSPS) is 9.94. The summed E-state index contributed by atoms with van der Waals surface area (Å²) in [5.74, 6) is -1.18. The standard InChI is InChI=1S/C12H14BrNO4/c1-3-17-11(15)7-5-9(13)10(14)6-8(7)12(16)18-4-2/h5-6H,3-4,14H2,1-2H3. The molecule has 0 radical (unpaired) electrons. The van der Waals surface area contributed by atoms with E-state index in [4.69, 9.17) is 15.2 Å². The lowest BCUT2D eigenvalue weighted by Gasteiger charge is -2.10. The van der Waals surface area contributed by atoms with Gasteiger partial charge in [0.1, 0.15) is 0 Å². The zero-order valence-corrected chi connectivity index (χ0v) is 11.7. The topological polar surface area (TPSA) is 78.6 Å². The highest BCUT2D eigenvalue weighted by molar-refractivity contribution is 9.10. The highest BCUT2D eigenvalue weighted by Gasteiger charge is 2.21. The van der Waals surface area contributed by atoms with E-state index in [0.29, 0.717) is 10.2 Å². The molecule has 0 saturated heterocycles. The minimum Gasteiger partial charge on any atom is -0.462 e. The van der Waals surface area contributed by atoms with Crippen LogP contribution in [0.5, 0.6) is 0 Å². The number of benzene rings is 1. The predicted octanol–water partition coefficient (Wildman–Crippen LogP) is 2.38. The highest BCUT2D eigenvalue weighted by atomic mass is 79.9. The molecule has 0 amide bonds. The van der Waals surface area contributed by atoms with Gasteiger partial charge in [-0.05, 0) is 41.9 Å². The van der Waals surface area contributed by atoms with E-state index < -0.39 is 11.9 Å². The van der Waals surface area contributed by atoms with E-state index >= 15 is 0 Å². The summed E-state index contributed by atoms with van der Waals surface area (Å²) in [4.78, 5) is 23.5. The molecule has 0 unspecified atom stereocenters. The molecule has 0 aliphatic heterocycles. The van der Waals surface area contributed by atoms with Gasteiger partial charge in [-0.1, -0.05) is 0 Å². The molecule has 18 heavy (non-hydrogen) atoms. The third-order valence-electron chi connectivity index (χ3n) is 2.13. The first-order valence-corrected chi connectivity index (χ1v) is 6.23. The number of carbonyl (C=O) groups excluding carboxylic acids is 2. The fourth-order valence-corrected chi connectivity index (χ4v) is 1.69. The minimum atomic E-state index is -0.597. The van der Waals surface area contributed by atoms with Crippen molar-refractivity contribution < 1.29 is 19.1 Å². The molecule has 0 saturated carbocycles. The molecule has 1 rings (SSSR count). The van der Waals surface area contributed by atoms with Crippen LogP contribution in [-0.4, -0.2) is 25.2 Å². The summed E-state index contributed by atoms with van der Waals surface area (Å²) in [6, 6.07) is 2.86. The Labute approximate surface area is 113 Å². The Morgan fingerprint density at radius 3 is 2.00 bits per heavy atom. The van der Waals surface area contributed by atoms with Crippen LogP contribution in [0, 0.1) is 0 Å². The molecule has 0 bridgehead atoms.